The second kappa shape index (κ2) is 4.69. The molecule has 0 fully saturated rings. The summed E-state index contributed by atoms with van der Waals surface area (Å²) in [6.07, 6.45) is 5.88. The Labute approximate surface area is 104 Å². The van der Waals surface area contributed by atoms with E-state index in [1.165, 1.54) is 42.4 Å². The van der Waals surface area contributed by atoms with E-state index < -0.39 is 0 Å². The Balaban J connectivity index is 2.36. The van der Waals surface area contributed by atoms with Gasteiger partial charge in [0.1, 0.15) is 5.75 Å². The molecule has 0 unspecified atom stereocenters. The summed E-state index contributed by atoms with van der Waals surface area (Å²) in [4.78, 5) is 0. The first-order chi connectivity index (χ1) is 7.99. The Morgan fingerprint density at radius 1 is 1.18 bits per heavy atom. The molecule has 2 N–H and O–H groups in total. The first-order valence-corrected chi connectivity index (χ1v) is 6.47. The highest BCUT2D eigenvalue weighted by Gasteiger charge is 2.18. The van der Waals surface area contributed by atoms with Crippen LogP contribution >= 0.6 is 0 Å². The van der Waals surface area contributed by atoms with Crippen LogP contribution in [0.15, 0.2) is 12.1 Å². The van der Waals surface area contributed by atoms with Gasteiger partial charge in [-0.15, -0.1) is 0 Å². The lowest BCUT2D eigenvalue weighted by Gasteiger charge is -2.23. The van der Waals surface area contributed by atoms with Crippen LogP contribution < -0.4 is 10.5 Å². The van der Waals surface area contributed by atoms with Crippen molar-refractivity contribution in [2.24, 2.45) is 5.73 Å². The minimum Gasteiger partial charge on any atom is -0.496 e. The molecule has 0 saturated carbocycles. The molecule has 0 heterocycles. The van der Waals surface area contributed by atoms with Gasteiger partial charge in [-0.3, -0.25) is 0 Å². The van der Waals surface area contributed by atoms with E-state index in [1.807, 2.05) is 0 Å². The normalized spacial score (nSPS) is 15.5. The summed E-state index contributed by atoms with van der Waals surface area (Å²) in [6, 6.07) is 4.53. The van der Waals surface area contributed by atoms with Crippen molar-refractivity contribution in [2.45, 2.75) is 51.5 Å². The predicted octanol–water partition coefficient (Wildman–Crippen LogP) is 2.85. The smallest absolute Gasteiger partial charge is 0.122 e. The van der Waals surface area contributed by atoms with Gasteiger partial charge in [0, 0.05) is 5.54 Å². The van der Waals surface area contributed by atoms with E-state index in [9.17, 15) is 0 Å². The molecule has 2 rings (SSSR count). The number of hydrogen-bond acceptors (Lipinski definition) is 2. The second-order valence-electron chi connectivity index (χ2n) is 5.81. The number of hydrogen-bond donors (Lipinski definition) is 1. The van der Waals surface area contributed by atoms with Crippen molar-refractivity contribution in [1.29, 1.82) is 0 Å². The Bertz CT molecular complexity index is 404. The lowest BCUT2D eigenvalue weighted by molar-refractivity contribution is 0.401. The molecule has 0 atom stereocenters. The fraction of sp³-hybridized carbons (Fsp3) is 0.600. The van der Waals surface area contributed by atoms with Gasteiger partial charge in [-0.25, -0.2) is 0 Å². The van der Waals surface area contributed by atoms with Crippen LogP contribution in [0.25, 0.3) is 0 Å². The molecule has 0 saturated heterocycles. The van der Waals surface area contributed by atoms with Gasteiger partial charge in [0.05, 0.1) is 7.11 Å². The van der Waals surface area contributed by atoms with Crippen molar-refractivity contribution in [1.82, 2.24) is 0 Å². The zero-order valence-electron chi connectivity index (χ0n) is 11.2. The molecule has 1 aromatic rings. The van der Waals surface area contributed by atoms with Crippen LogP contribution in [0.1, 0.15) is 43.4 Å². The molecule has 2 heteroatoms. The minimum absolute atomic E-state index is 0.184. The Morgan fingerprint density at radius 3 is 2.29 bits per heavy atom. The van der Waals surface area contributed by atoms with Crippen molar-refractivity contribution in [3.63, 3.8) is 0 Å². The van der Waals surface area contributed by atoms with Gasteiger partial charge in [-0.05, 0) is 68.7 Å². The Kier molecular flexibility index (Phi) is 3.43. The summed E-state index contributed by atoms with van der Waals surface area (Å²) in [5.41, 5.74) is 10.1. The molecule has 1 aliphatic carbocycles. The minimum atomic E-state index is -0.184. The van der Waals surface area contributed by atoms with Crippen molar-refractivity contribution in [3.8, 4) is 5.75 Å². The summed E-state index contributed by atoms with van der Waals surface area (Å²) in [5, 5.41) is 0. The van der Waals surface area contributed by atoms with Gasteiger partial charge >= 0.3 is 0 Å². The summed E-state index contributed by atoms with van der Waals surface area (Å²) in [7, 11) is 1.75. The number of aryl methyl sites for hydroxylation is 2. The van der Waals surface area contributed by atoms with Crippen LogP contribution in [-0.4, -0.2) is 12.6 Å². The zero-order valence-corrected chi connectivity index (χ0v) is 11.2. The topological polar surface area (TPSA) is 35.2 Å². The third-order valence-corrected chi connectivity index (χ3v) is 3.39. The number of benzene rings is 1. The molecule has 1 aromatic carbocycles. The van der Waals surface area contributed by atoms with E-state index >= 15 is 0 Å². The van der Waals surface area contributed by atoms with E-state index in [0.29, 0.717) is 0 Å². The molecular weight excluding hydrogens is 210 g/mol. The number of rotatable bonds is 3. The molecule has 2 nitrogen and oxygen atoms in total. The van der Waals surface area contributed by atoms with Gasteiger partial charge in [0.25, 0.3) is 0 Å². The molecule has 0 spiro atoms. The van der Waals surface area contributed by atoms with E-state index in [0.717, 1.165) is 12.2 Å². The number of nitrogens with two attached hydrogens (primary N) is 1. The van der Waals surface area contributed by atoms with Crippen molar-refractivity contribution >= 4 is 0 Å². The van der Waals surface area contributed by atoms with Gasteiger partial charge < -0.3 is 10.5 Å². The average molecular weight is 233 g/mol. The lowest BCUT2D eigenvalue weighted by atomic mass is 9.87. The molecule has 0 radical (unpaired) electrons. The molecule has 0 bridgehead atoms. The van der Waals surface area contributed by atoms with Crippen LogP contribution in [0.4, 0.5) is 0 Å². The third-order valence-electron chi connectivity index (χ3n) is 3.39. The van der Waals surface area contributed by atoms with Gasteiger partial charge in [-0.1, -0.05) is 6.07 Å². The lowest BCUT2D eigenvalue weighted by Crippen LogP contribution is -2.34. The molecular formula is C15H23NO. The van der Waals surface area contributed by atoms with Crippen molar-refractivity contribution < 1.29 is 4.74 Å². The second-order valence-corrected chi connectivity index (χ2v) is 5.81. The monoisotopic (exact) mass is 233 g/mol. The molecule has 0 aliphatic heterocycles. The predicted molar refractivity (Wildman–Crippen MR) is 71.6 cm³/mol. The van der Waals surface area contributed by atoms with Crippen LogP contribution in [-0.2, 0) is 19.3 Å². The largest absolute Gasteiger partial charge is 0.496 e. The van der Waals surface area contributed by atoms with E-state index in [-0.39, 0.29) is 5.54 Å². The quantitative estimate of drug-likeness (QED) is 0.871. The Morgan fingerprint density at radius 2 is 1.76 bits per heavy atom. The molecule has 94 valence electrons. The first kappa shape index (κ1) is 12.4. The fourth-order valence-corrected chi connectivity index (χ4v) is 2.63. The number of fused-ring (bicyclic) bond motifs is 1. The summed E-state index contributed by atoms with van der Waals surface area (Å²) < 4.78 is 5.50. The maximum Gasteiger partial charge on any atom is 0.122 e. The van der Waals surface area contributed by atoms with E-state index in [4.69, 9.17) is 10.5 Å². The van der Waals surface area contributed by atoms with Crippen molar-refractivity contribution in [2.75, 3.05) is 7.11 Å². The number of methoxy groups -OCH3 is 1. The zero-order chi connectivity index (χ0) is 12.5. The first-order valence-electron chi connectivity index (χ1n) is 6.47. The van der Waals surface area contributed by atoms with Crippen LogP contribution in [0, 0.1) is 0 Å². The molecule has 0 aromatic heterocycles. The standard InChI is InChI=1S/C15H23NO/c1-15(2,16)10-13-8-11-6-4-5-7-12(11)9-14(13)17-3/h8-9H,4-7,10,16H2,1-3H3. The van der Waals surface area contributed by atoms with E-state index in [1.54, 1.807) is 7.11 Å². The maximum absolute atomic E-state index is 6.11. The van der Waals surface area contributed by atoms with Crippen LogP contribution in [0.2, 0.25) is 0 Å². The summed E-state index contributed by atoms with van der Waals surface area (Å²) in [5.74, 6) is 1.00. The third kappa shape index (κ3) is 3.01. The summed E-state index contributed by atoms with van der Waals surface area (Å²) >= 11 is 0. The summed E-state index contributed by atoms with van der Waals surface area (Å²) in [6.45, 7) is 4.12. The van der Waals surface area contributed by atoms with Crippen LogP contribution in [0.3, 0.4) is 0 Å². The van der Waals surface area contributed by atoms with Crippen molar-refractivity contribution in [3.05, 3.63) is 28.8 Å². The molecule has 17 heavy (non-hydrogen) atoms. The Hall–Kier alpha value is -1.02. The highest BCUT2D eigenvalue weighted by molar-refractivity contribution is 5.44. The molecule has 1 aliphatic rings. The SMILES string of the molecule is COc1cc2c(cc1CC(C)(C)N)CCCC2. The average Bonchev–Trinajstić information content (AvgIpc) is 2.26. The highest BCUT2D eigenvalue weighted by Crippen LogP contribution is 2.30. The maximum atomic E-state index is 6.11. The van der Waals surface area contributed by atoms with Crippen LogP contribution in [0.5, 0.6) is 5.75 Å². The fourth-order valence-electron chi connectivity index (χ4n) is 2.63. The van der Waals surface area contributed by atoms with E-state index in [2.05, 4.69) is 26.0 Å². The van der Waals surface area contributed by atoms with Gasteiger partial charge in [0.2, 0.25) is 0 Å². The van der Waals surface area contributed by atoms with Gasteiger partial charge in [0.15, 0.2) is 0 Å². The van der Waals surface area contributed by atoms with Gasteiger partial charge in [-0.2, -0.15) is 0 Å². The number of ether oxygens (including phenoxy) is 1. The highest BCUT2D eigenvalue weighted by atomic mass is 16.5. The molecule has 0 amide bonds.